The van der Waals surface area contributed by atoms with Crippen molar-refractivity contribution >= 4 is 34.2 Å². The van der Waals surface area contributed by atoms with Gasteiger partial charge in [-0.3, -0.25) is 0 Å². The van der Waals surface area contributed by atoms with Gasteiger partial charge in [-0.15, -0.1) is 0 Å². The number of hydrogen-bond donors (Lipinski definition) is 2. The highest BCUT2D eigenvalue weighted by atomic mass is 19.1. The molecule has 37 heavy (non-hydrogen) atoms. The van der Waals surface area contributed by atoms with Gasteiger partial charge in [0.1, 0.15) is 23.6 Å². The second-order valence-electron chi connectivity index (χ2n) is 9.47. The summed E-state index contributed by atoms with van der Waals surface area (Å²) >= 11 is 0. The van der Waals surface area contributed by atoms with Gasteiger partial charge in [0.25, 0.3) is 0 Å². The molecule has 190 valence electrons. The van der Waals surface area contributed by atoms with Gasteiger partial charge in [0, 0.05) is 65.8 Å². The van der Waals surface area contributed by atoms with Crippen LogP contribution < -0.4 is 15.1 Å². The molecule has 6 rings (SSSR count). The molecule has 2 aliphatic heterocycles. The Kier molecular flexibility index (Phi) is 5.99. The van der Waals surface area contributed by atoms with Gasteiger partial charge < -0.3 is 20.2 Å². The molecule has 2 saturated heterocycles. The maximum absolute atomic E-state index is 14.7. The average Bonchev–Trinajstić information content (AvgIpc) is 2.90. The molecule has 11 heteroatoms. The summed E-state index contributed by atoms with van der Waals surface area (Å²) in [6.45, 7) is 3.55. The molecule has 0 amide bonds. The van der Waals surface area contributed by atoms with Crippen molar-refractivity contribution in [2.75, 3.05) is 34.8 Å². The van der Waals surface area contributed by atoms with Crippen molar-refractivity contribution < 1.29 is 13.9 Å². The molecular formula is C26H26F2N8O. The number of rotatable bonds is 5. The summed E-state index contributed by atoms with van der Waals surface area (Å²) in [6, 6.07) is 7.29. The standard InChI is InChI=1S/C26H26F2N8O/c1-15-5-10-36(15)25-19-13-31-23(11-17(19)18(12-32-25)16-3-2-7-29-24(16)28)33-22-4-8-30-26(34-22)35-9-6-21(37)20(27)14-35/h2-4,7-8,11-13,15,20-21,37H,5-6,9-10,14H2,1H3,(H,30,31,33,34)/t15-,20-,21+/m0/s1. The van der Waals surface area contributed by atoms with Crippen molar-refractivity contribution in [2.24, 2.45) is 0 Å². The van der Waals surface area contributed by atoms with Crippen molar-refractivity contribution in [3.8, 4) is 11.1 Å². The molecule has 4 aromatic heterocycles. The van der Waals surface area contributed by atoms with E-state index in [1.54, 1.807) is 41.7 Å². The van der Waals surface area contributed by atoms with E-state index in [1.807, 2.05) is 6.07 Å². The Labute approximate surface area is 212 Å². The Bertz CT molecular complexity index is 1450. The number of nitrogens with zero attached hydrogens (tertiary/aromatic N) is 7. The lowest BCUT2D eigenvalue weighted by Gasteiger charge is -2.40. The third-order valence-corrected chi connectivity index (χ3v) is 7.08. The largest absolute Gasteiger partial charge is 0.390 e. The molecule has 0 aromatic carbocycles. The third-order valence-electron chi connectivity index (χ3n) is 7.08. The summed E-state index contributed by atoms with van der Waals surface area (Å²) in [4.78, 5) is 25.8. The van der Waals surface area contributed by atoms with Crippen LogP contribution in [-0.4, -0.2) is 68.0 Å². The van der Waals surface area contributed by atoms with Crippen LogP contribution in [0.3, 0.4) is 0 Å². The first-order valence-corrected chi connectivity index (χ1v) is 12.3. The van der Waals surface area contributed by atoms with E-state index < -0.39 is 18.2 Å². The molecule has 0 saturated carbocycles. The summed E-state index contributed by atoms with van der Waals surface area (Å²) in [7, 11) is 0. The summed E-state index contributed by atoms with van der Waals surface area (Å²) in [5, 5.41) is 14.5. The van der Waals surface area contributed by atoms with Crippen LogP contribution in [0.15, 0.2) is 49.1 Å². The molecule has 2 aliphatic rings. The minimum absolute atomic E-state index is 0.0313. The van der Waals surface area contributed by atoms with Gasteiger partial charge in [0.2, 0.25) is 11.9 Å². The fourth-order valence-corrected chi connectivity index (χ4v) is 4.83. The molecule has 0 aliphatic carbocycles. The maximum Gasteiger partial charge on any atom is 0.227 e. The van der Waals surface area contributed by atoms with Gasteiger partial charge in [-0.2, -0.15) is 9.37 Å². The van der Waals surface area contributed by atoms with E-state index in [0.29, 0.717) is 47.7 Å². The number of aliphatic hydroxyl groups excluding tert-OH is 1. The highest BCUT2D eigenvalue weighted by molar-refractivity contribution is 6.03. The zero-order valence-electron chi connectivity index (χ0n) is 20.2. The number of halogens is 2. The van der Waals surface area contributed by atoms with Crippen molar-refractivity contribution in [3.05, 3.63) is 55.0 Å². The Morgan fingerprint density at radius 2 is 1.86 bits per heavy atom. The highest BCUT2D eigenvalue weighted by Gasteiger charge is 2.29. The minimum atomic E-state index is -1.35. The zero-order chi connectivity index (χ0) is 25.5. The second-order valence-corrected chi connectivity index (χ2v) is 9.47. The predicted octanol–water partition coefficient (Wildman–Crippen LogP) is 3.87. The topological polar surface area (TPSA) is 103 Å². The lowest BCUT2D eigenvalue weighted by Crippen LogP contribution is -2.46. The summed E-state index contributed by atoms with van der Waals surface area (Å²) in [5.74, 6) is 1.61. The number of nitrogens with one attached hydrogen (secondary N) is 1. The third kappa shape index (κ3) is 4.39. The van der Waals surface area contributed by atoms with E-state index in [9.17, 15) is 13.9 Å². The molecule has 2 N–H and O–H groups in total. The van der Waals surface area contributed by atoms with Gasteiger partial charge in [-0.25, -0.2) is 24.3 Å². The molecule has 0 spiro atoms. The first kappa shape index (κ1) is 23.4. The number of hydrogen-bond acceptors (Lipinski definition) is 9. The number of fused-ring (bicyclic) bond motifs is 1. The number of alkyl halides is 1. The van der Waals surface area contributed by atoms with Crippen molar-refractivity contribution in [1.29, 1.82) is 0 Å². The van der Waals surface area contributed by atoms with Crippen LogP contribution in [0.2, 0.25) is 0 Å². The SMILES string of the molecule is C[C@H]1CCN1c1ncc(-c2cccnc2F)c2cc(Nc3ccnc(N4CC[C@@H](O)[C@@H](F)C4)n3)ncc12. The van der Waals surface area contributed by atoms with E-state index >= 15 is 0 Å². The Morgan fingerprint density at radius 3 is 2.62 bits per heavy atom. The van der Waals surface area contributed by atoms with Crippen LogP contribution in [0.4, 0.5) is 32.2 Å². The lowest BCUT2D eigenvalue weighted by atomic mass is 10.00. The van der Waals surface area contributed by atoms with Crippen LogP contribution in [0.1, 0.15) is 19.8 Å². The minimum Gasteiger partial charge on any atom is -0.390 e. The first-order valence-electron chi connectivity index (χ1n) is 12.3. The summed E-state index contributed by atoms with van der Waals surface area (Å²) in [5.41, 5.74) is 0.977. The quantitative estimate of drug-likeness (QED) is 0.392. The molecule has 2 fully saturated rings. The van der Waals surface area contributed by atoms with Crippen LogP contribution >= 0.6 is 0 Å². The molecule has 0 bridgehead atoms. The van der Waals surface area contributed by atoms with Crippen molar-refractivity contribution in [1.82, 2.24) is 24.9 Å². The normalized spacial score (nSPS) is 21.7. The predicted molar refractivity (Wildman–Crippen MR) is 137 cm³/mol. The second kappa shape index (κ2) is 9.47. The molecule has 9 nitrogen and oxygen atoms in total. The van der Waals surface area contributed by atoms with Gasteiger partial charge in [0.15, 0.2) is 0 Å². The Hall–Kier alpha value is -3.99. The fraction of sp³-hybridized carbons (Fsp3) is 0.346. The molecule has 4 aromatic rings. The van der Waals surface area contributed by atoms with Crippen LogP contribution in [0.25, 0.3) is 21.9 Å². The Balaban J connectivity index is 1.37. The fourth-order valence-electron chi connectivity index (χ4n) is 4.83. The Morgan fingerprint density at radius 1 is 0.973 bits per heavy atom. The molecule has 0 radical (unpaired) electrons. The maximum atomic E-state index is 14.7. The lowest BCUT2D eigenvalue weighted by molar-refractivity contribution is 0.0612. The number of piperidine rings is 1. The average molecular weight is 505 g/mol. The summed E-state index contributed by atoms with van der Waals surface area (Å²) in [6.07, 6.45) is 5.53. The van der Waals surface area contributed by atoms with E-state index in [0.717, 1.165) is 29.6 Å². The number of anilines is 4. The van der Waals surface area contributed by atoms with Gasteiger partial charge in [0.05, 0.1) is 12.6 Å². The van der Waals surface area contributed by atoms with Gasteiger partial charge in [-0.05, 0) is 44.0 Å². The monoisotopic (exact) mass is 504 g/mol. The number of pyridine rings is 3. The molecule has 6 heterocycles. The van der Waals surface area contributed by atoms with E-state index in [-0.39, 0.29) is 6.54 Å². The van der Waals surface area contributed by atoms with Crippen LogP contribution in [-0.2, 0) is 0 Å². The first-order chi connectivity index (χ1) is 18.0. The van der Waals surface area contributed by atoms with E-state index in [1.165, 1.54) is 6.20 Å². The molecule has 0 unspecified atom stereocenters. The smallest absolute Gasteiger partial charge is 0.227 e. The number of aromatic nitrogens is 5. The number of aliphatic hydroxyl groups is 1. The molecular weight excluding hydrogens is 478 g/mol. The van der Waals surface area contributed by atoms with Crippen LogP contribution in [0.5, 0.6) is 0 Å². The zero-order valence-corrected chi connectivity index (χ0v) is 20.2. The molecule has 3 atom stereocenters. The van der Waals surface area contributed by atoms with E-state index in [4.69, 9.17) is 0 Å². The van der Waals surface area contributed by atoms with Crippen LogP contribution in [0, 0.1) is 5.95 Å². The van der Waals surface area contributed by atoms with Crippen molar-refractivity contribution in [2.45, 2.75) is 38.1 Å². The van der Waals surface area contributed by atoms with E-state index in [2.05, 4.69) is 42.1 Å². The highest BCUT2D eigenvalue weighted by Crippen LogP contribution is 2.37. The van der Waals surface area contributed by atoms with Crippen molar-refractivity contribution in [3.63, 3.8) is 0 Å². The van der Waals surface area contributed by atoms with Gasteiger partial charge in [-0.1, -0.05) is 0 Å². The van der Waals surface area contributed by atoms with Gasteiger partial charge >= 0.3 is 0 Å². The summed E-state index contributed by atoms with van der Waals surface area (Å²) < 4.78 is 28.7.